The fourth-order valence-electron chi connectivity index (χ4n) is 3.15. The van der Waals surface area contributed by atoms with Gasteiger partial charge >= 0.3 is 0 Å². The normalized spacial score (nSPS) is 11.9. The van der Waals surface area contributed by atoms with Crippen LogP contribution < -0.4 is 10.6 Å². The van der Waals surface area contributed by atoms with E-state index in [0.29, 0.717) is 6.42 Å². The first-order chi connectivity index (χ1) is 12.6. The van der Waals surface area contributed by atoms with Crippen LogP contribution in [0.1, 0.15) is 64.0 Å². The van der Waals surface area contributed by atoms with Crippen LogP contribution in [0.3, 0.4) is 0 Å². The highest BCUT2D eigenvalue weighted by atomic mass is 16.2. The summed E-state index contributed by atoms with van der Waals surface area (Å²) in [6.45, 7) is 4.17. The van der Waals surface area contributed by atoms with E-state index >= 15 is 0 Å². The number of carbonyl (C=O) groups is 2. The topological polar surface area (TPSA) is 58.2 Å². The molecule has 1 atom stereocenters. The molecule has 0 spiro atoms. The number of nitrogens with one attached hydrogen (secondary N) is 2. The fourth-order valence-corrected chi connectivity index (χ4v) is 3.15. The van der Waals surface area contributed by atoms with E-state index in [0.717, 1.165) is 29.2 Å². The van der Waals surface area contributed by atoms with Crippen molar-refractivity contribution in [2.45, 2.75) is 58.4 Å². The van der Waals surface area contributed by atoms with Crippen LogP contribution in [0.4, 0.5) is 0 Å². The number of amides is 2. The lowest BCUT2D eigenvalue weighted by Gasteiger charge is -2.17. The van der Waals surface area contributed by atoms with Gasteiger partial charge in [0.25, 0.3) is 0 Å². The van der Waals surface area contributed by atoms with Crippen molar-refractivity contribution >= 4 is 22.6 Å². The zero-order chi connectivity index (χ0) is 18.8. The average Bonchev–Trinajstić information content (AvgIpc) is 2.65. The van der Waals surface area contributed by atoms with Gasteiger partial charge in [-0.1, -0.05) is 75.1 Å². The van der Waals surface area contributed by atoms with Gasteiger partial charge in [0.2, 0.25) is 11.8 Å². The van der Waals surface area contributed by atoms with E-state index in [1.165, 1.54) is 19.3 Å². The van der Waals surface area contributed by atoms with E-state index in [9.17, 15) is 9.59 Å². The first-order valence-corrected chi connectivity index (χ1v) is 9.65. The van der Waals surface area contributed by atoms with Crippen LogP contribution in [0.2, 0.25) is 0 Å². The molecule has 26 heavy (non-hydrogen) atoms. The highest BCUT2D eigenvalue weighted by molar-refractivity contribution is 5.88. The Morgan fingerprint density at radius 1 is 0.923 bits per heavy atom. The Hall–Kier alpha value is -2.36. The molecule has 0 aliphatic heterocycles. The molecule has 0 aliphatic rings. The molecule has 2 rings (SSSR count). The van der Waals surface area contributed by atoms with Gasteiger partial charge < -0.3 is 10.6 Å². The summed E-state index contributed by atoms with van der Waals surface area (Å²) < 4.78 is 0. The maximum atomic E-state index is 12.2. The third kappa shape index (κ3) is 6.17. The quantitative estimate of drug-likeness (QED) is 0.618. The number of unbranched alkanes of at least 4 members (excludes halogenated alkanes) is 4. The Morgan fingerprint density at radius 2 is 1.65 bits per heavy atom. The lowest BCUT2D eigenvalue weighted by molar-refractivity contribution is -0.126. The van der Waals surface area contributed by atoms with Crippen LogP contribution in [0.5, 0.6) is 0 Å². The maximum Gasteiger partial charge on any atom is 0.239 e. The van der Waals surface area contributed by atoms with Gasteiger partial charge in [0, 0.05) is 6.42 Å². The molecule has 2 aromatic carbocycles. The summed E-state index contributed by atoms with van der Waals surface area (Å²) in [6.07, 6.45) is 6.05. The highest BCUT2D eigenvalue weighted by Crippen LogP contribution is 2.23. The minimum atomic E-state index is -0.162. The van der Waals surface area contributed by atoms with Gasteiger partial charge in [0.05, 0.1) is 12.6 Å². The van der Waals surface area contributed by atoms with Gasteiger partial charge in [0.1, 0.15) is 0 Å². The van der Waals surface area contributed by atoms with E-state index < -0.39 is 0 Å². The molecule has 2 aromatic rings. The van der Waals surface area contributed by atoms with Crippen LogP contribution in [0.25, 0.3) is 10.8 Å². The Balaban J connectivity index is 1.77. The predicted molar refractivity (Wildman–Crippen MR) is 107 cm³/mol. The summed E-state index contributed by atoms with van der Waals surface area (Å²) in [5.41, 5.74) is 1.08. The number of benzene rings is 2. The second kappa shape index (κ2) is 10.6. The Kier molecular flexibility index (Phi) is 8.13. The van der Waals surface area contributed by atoms with Crippen LogP contribution >= 0.6 is 0 Å². The molecule has 0 unspecified atom stereocenters. The van der Waals surface area contributed by atoms with E-state index in [1.807, 2.05) is 31.2 Å². The van der Waals surface area contributed by atoms with Gasteiger partial charge in [-0.05, 0) is 29.7 Å². The molecular formula is C22H30N2O2. The molecule has 2 amide bonds. The molecule has 0 saturated carbocycles. The van der Waals surface area contributed by atoms with Gasteiger partial charge in [-0.2, -0.15) is 0 Å². The number of carbonyl (C=O) groups excluding carboxylic acids is 2. The second-order valence-corrected chi connectivity index (χ2v) is 6.80. The van der Waals surface area contributed by atoms with Crippen molar-refractivity contribution in [3.63, 3.8) is 0 Å². The van der Waals surface area contributed by atoms with Crippen molar-refractivity contribution in [3.8, 4) is 0 Å². The molecule has 2 N–H and O–H groups in total. The number of hydrogen-bond donors (Lipinski definition) is 2. The first kappa shape index (κ1) is 20.0. The smallest absolute Gasteiger partial charge is 0.239 e. The van der Waals surface area contributed by atoms with E-state index in [4.69, 9.17) is 0 Å². The summed E-state index contributed by atoms with van der Waals surface area (Å²) >= 11 is 0. The molecule has 0 saturated heterocycles. The maximum absolute atomic E-state index is 12.2. The van der Waals surface area contributed by atoms with Crippen molar-refractivity contribution in [3.05, 3.63) is 48.0 Å². The van der Waals surface area contributed by atoms with E-state index in [1.54, 1.807) is 0 Å². The SMILES string of the molecule is CCCCCCCC(=O)NCC(=O)N[C@@H](C)c1cccc2ccccc12. The van der Waals surface area contributed by atoms with Gasteiger partial charge in [-0.3, -0.25) is 9.59 Å². The van der Waals surface area contributed by atoms with Crippen molar-refractivity contribution in [1.82, 2.24) is 10.6 Å². The molecule has 4 nitrogen and oxygen atoms in total. The molecule has 140 valence electrons. The summed E-state index contributed by atoms with van der Waals surface area (Å²) in [7, 11) is 0. The molecule has 0 heterocycles. The van der Waals surface area contributed by atoms with Crippen molar-refractivity contribution in [2.75, 3.05) is 6.54 Å². The minimum absolute atomic E-state index is 0.0307. The zero-order valence-corrected chi connectivity index (χ0v) is 15.9. The Bertz CT molecular complexity index is 722. The third-order valence-corrected chi connectivity index (χ3v) is 4.62. The summed E-state index contributed by atoms with van der Waals surface area (Å²) in [4.78, 5) is 24.0. The summed E-state index contributed by atoms with van der Waals surface area (Å²) in [5.74, 6) is -0.209. The first-order valence-electron chi connectivity index (χ1n) is 9.65. The molecule has 0 aromatic heterocycles. The molecular weight excluding hydrogens is 324 g/mol. The second-order valence-electron chi connectivity index (χ2n) is 6.80. The summed E-state index contributed by atoms with van der Waals surface area (Å²) in [5, 5.41) is 7.98. The molecule has 4 heteroatoms. The van der Waals surface area contributed by atoms with Gasteiger partial charge in [0.15, 0.2) is 0 Å². The van der Waals surface area contributed by atoms with Crippen molar-refractivity contribution in [2.24, 2.45) is 0 Å². The van der Waals surface area contributed by atoms with Crippen LogP contribution in [0, 0.1) is 0 Å². The van der Waals surface area contributed by atoms with Gasteiger partial charge in [-0.15, -0.1) is 0 Å². The average molecular weight is 354 g/mol. The van der Waals surface area contributed by atoms with Crippen LogP contribution in [0.15, 0.2) is 42.5 Å². The number of fused-ring (bicyclic) bond motifs is 1. The van der Waals surface area contributed by atoms with Crippen molar-refractivity contribution in [1.29, 1.82) is 0 Å². The van der Waals surface area contributed by atoms with E-state index in [2.05, 4.69) is 35.8 Å². The number of rotatable bonds is 10. The van der Waals surface area contributed by atoms with Crippen molar-refractivity contribution < 1.29 is 9.59 Å². The summed E-state index contributed by atoms with van der Waals surface area (Å²) in [6, 6.07) is 14.1. The van der Waals surface area contributed by atoms with Crippen LogP contribution in [-0.4, -0.2) is 18.4 Å². The lowest BCUT2D eigenvalue weighted by atomic mass is 10.00. The minimum Gasteiger partial charge on any atom is -0.348 e. The van der Waals surface area contributed by atoms with Crippen LogP contribution in [-0.2, 0) is 9.59 Å². The number of hydrogen-bond acceptors (Lipinski definition) is 2. The van der Waals surface area contributed by atoms with Gasteiger partial charge in [-0.25, -0.2) is 0 Å². The fraction of sp³-hybridized carbons (Fsp3) is 0.455. The Labute approximate surface area is 156 Å². The zero-order valence-electron chi connectivity index (χ0n) is 15.9. The lowest BCUT2D eigenvalue weighted by Crippen LogP contribution is -2.38. The molecule has 0 radical (unpaired) electrons. The molecule has 0 aliphatic carbocycles. The Morgan fingerprint density at radius 3 is 2.46 bits per heavy atom. The largest absolute Gasteiger partial charge is 0.348 e. The monoisotopic (exact) mass is 354 g/mol. The highest BCUT2D eigenvalue weighted by Gasteiger charge is 2.12. The molecule has 0 fully saturated rings. The third-order valence-electron chi connectivity index (χ3n) is 4.62. The predicted octanol–water partition coefficient (Wildman–Crippen LogP) is 4.49. The van der Waals surface area contributed by atoms with E-state index in [-0.39, 0.29) is 24.4 Å². The standard InChI is InChI=1S/C22H30N2O2/c1-3-4-5-6-7-15-21(25)23-16-22(26)24-17(2)19-14-10-12-18-11-8-9-13-20(18)19/h8-14,17H,3-7,15-16H2,1-2H3,(H,23,25)(H,24,26)/t17-/m0/s1. The molecule has 0 bridgehead atoms.